The third-order valence-corrected chi connectivity index (χ3v) is 4.17. The first-order valence-corrected chi connectivity index (χ1v) is 7.57. The lowest BCUT2D eigenvalue weighted by Gasteiger charge is -2.00. The zero-order chi connectivity index (χ0) is 16.1. The average molecular weight is 313 g/mol. The summed E-state index contributed by atoms with van der Waals surface area (Å²) < 4.78 is 21.2. The van der Waals surface area contributed by atoms with Crippen LogP contribution in [0.15, 0.2) is 22.4 Å². The molecular weight excluding hydrogens is 297 g/mol. The summed E-state index contributed by atoms with van der Waals surface area (Å²) in [5.41, 5.74) is 3.78. The first-order chi connectivity index (χ1) is 11.0. The van der Waals surface area contributed by atoms with Crippen molar-refractivity contribution in [2.45, 2.75) is 33.6 Å². The standard InChI is InChI=1S/C16H16FN5O/c1-8-6-9(2)22-15(19-8)12(7-18-22)14-20-16(23-21-14)13(17)10(3)11-4-5-11/h6-7,11H,4-5H2,1-3H3/b13-10-. The van der Waals surface area contributed by atoms with Crippen LogP contribution in [-0.4, -0.2) is 24.7 Å². The van der Waals surface area contributed by atoms with Crippen LogP contribution in [-0.2, 0) is 0 Å². The Bertz CT molecular complexity index is 935. The van der Waals surface area contributed by atoms with Gasteiger partial charge in [0.1, 0.15) is 0 Å². The van der Waals surface area contributed by atoms with E-state index in [4.69, 9.17) is 4.52 Å². The Morgan fingerprint density at radius 2 is 2.09 bits per heavy atom. The first-order valence-electron chi connectivity index (χ1n) is 7.57. The number of hydrogen-bond acceptors (Lipinski definition) is 5. The highest BCUT2D eigenvalue weighted by atomic mass is 19.1. The number of aromatic nitrogens is 5. The quantitative estimate of drug-likeness (QED) is 0.740. The molecular formula is C16H16FN5O. The van der Waals surface area contributed by atoms with Crippen LogP contribution in [0.3, 0.4) is 0 Å². The number of rotatable bonds is 3. The minimum atomic E-state index is -0.414. The van der Waals surface area contributed by atoms with Crippen molar-refractivity contribution in [2.75, 3.05) is 0 Å². The Morgan fingerprint density at radius 3 is 2.83 bits per heavy atom. The van der Waals surface area contributed by atoms with E-state index in [1.807, 2.05) is 19.9 Å². The van der Waals surface area contributed by atoms with E-state index >= 15 is 0 Å². The van der Waals surface area contributed by atoms with Crippen molar-refractivity contribution in [3.63, 3.8) is 0 Å². The van der Waals surface area contributed by atoms with Crippen LogP contribution >= 0.6 is 0 Å². The molecule has 1 aliphatic carbocycles. The van der Waals surface area contributed by atoms with Gasteiger partial charge in [0.05, 0.1) is 11.8 Å². The second-order valence-corrected chi connectivity index (χ2v) is 6.03. The maximum atomic E-state index is 14.4. The van der Waals surface area contributed by atoms with Gasteiger partial charge in [0.15, 0.2) is 11.5 Å². The Balaban J connectivity index is 1.79. The lowest BCUT2D eigenvalue weighted by Crippen LogP contribution is -1.97. The van der Waals surface area contributed by atoms with Gasteiger partial charge >= 0.3 is 0 Å². The molecule has 6 nitrogen and oxygen atoms in total. The number of aryl methyl sites for hydroxylation is 2. The highest BCUT2D eigenvalue weighted by molar-refractivity contribution is 5.72. The Hall–Kier alpha value is -2.57. The van der Waals surface area contributed by atoms with E-state index in [2.05, 4.69) is 20.2 Å². The van der Waals surface area contributed by atoms with Crippen molar-refractivity contribution in [2.24, 2.45) is 5.92 Å². The van der Waals surface area contributed by atoms with Crippen molar-refractivity contribution in [1.82, 2.24) is 24.7 Å². The minimum Gasteiger partial charge on any atom is -0.331 e. The summed E-state index contributed by atoms with van der Waals surface area (Å²) in [5, 5.41) is 8.19. The number of hydrogen-bond donors (Lipinski definition) is 0. The number of halogens is 1. The second-order valence-electron chi connectivity index (χ2n) is 6.03. The van der Waals surface area contributed by atoms with Crippen molar-refractivity contribution in [1.29, 1.82) is 0 Å². The molecule has 0 aliphatic heterocycles. The molecule has 1 aliphatic rings. The van der Waals surface area contributed by atoms with Crippen LogP contribution in [0.25, 0.3) is 22.9 Å². The molecule has 1 saturated carbocycles. The van der Waals surface area contributed by atoms with Gasteiger partial charge in [0.2, 0.25) is 5.82 Å². The lowest BCUT2D eigenvalue weighted by molar-refractivity contribution is 0.397. The van der Waals surface area contributed by atoms with E-state index in [0.717, 1.165) is 24.2 Å². The summed E-state index contributed by atoms with van der Waals surface area (Å²) in [6.07, 6.45) is 3.67. The molecule has 23 heavy (non-hydrogen) atoms. The molecule has 0 atom stereocenters. The van der Waals surface area contributed by atoms with Crippen LogP contribution < -0.4 is 0 Å². The van der Waals surface area contributed by atoms with Crippen molar-refractivity contribution in [3.8, 4) is 11.4 Å². The van der Waals surface area contributed by atoms with E-state index in [9.17, 15) is 4.39 Å². The van der Waals surface area contributed by atoms with Gasteiger partial charge in [-0.15, -0.1) is 0 Å². The monoisotopic (exact) mass is 313 g/mol. The van der Waals surface area contributed by atoms with E-state index in [1.54, 1.807) is 17.6 Å². The fourth-order valence-corrected chi connectivity index (χ4v) is 2.71. The molecule has 0 amide bonds. The van der Waals surface area contributed by atoms with E-state index in [-0.39, 0.29) is 5.89 Å². The maximum absolute atomic E-state index is 14.4. The van der Waals surface area contributed by atoms with Gasteiger partial charge in [0.25, 0.3) is 5.89 Å². The van der Waals surface area contributed by atoms with Gasteiger partial charge in [0, 0.05) is 11.4 Å². The Labute approximate surface area is 132 Å². The zero-order valence-corrected chi connectivity index (χ0v) is 13.2. The third kappa shape index (κ3) is 2.32. The topological polar surface area (TPSA) is 69.1 Å². The molecule has 0 bridgehead atoms. The number of allylic oxidation sites excluding steroid dienone is 1. The summed E-state index contributed by atoms with van der Waals surface area (Å²) >= 11 is 0. The highest BCUT2D eigenvalue weighted by Gasteiger charge is 2.28. The van der Waals surface area contributed by atoms with Gasteiger partial charge < -0.3 is 4.52 Å². The SMILES string of the molecule is C/C(=C(/F)c1nc(-c2cnn3c(C)cc(C)nc23)no1)C1CC1. The van der Waals surface area contributed by atoms with Crippen LogP contribution in [0.4, 0.5) is 4.39 Å². The molecule has 118 valence electrons. The van der Waals surface area contributed by atoms with Crippen LogP contribution in [0.2, 0.25) is 0 Å². The highest BCUT2D eigenvalue weighted by Crippen LogP contribution is 2.40. The van der Waals surface area contributed by atoms with E-state index in [0.29, 0.717) is 28.5 Å². The summed E-state index contributed by atoms with van der Waals surface area (Å²) in [6, 6.07) is 1.94. The Morgan fingerprint density at radius 1 is 1.30 bits per heavy atom. The van der Waals surface area contributed by atoms with Crippen LogP contribution in [0, 0.1) is 19.8 Å². The minimum absolute atomic E-state index is 0.0758. The maximum Gasteiger partial charge on any atom is 0.286 e. The molecule has 3 aromatic rings. The average Bonchev–Trinajstić information content (AvgIpc) is 3.10. The predicted octanol–water partition coefficient (Wildman–Crippen LogP) is 3.51. The van der Waals surface area contributed by atoms with E-state index < -0.39 is 5.83 Å². The molecule has 0 spiro atoms. The fraction of sp³-hybridized carbons (Fsp3) is 0.375. The third-order valence-electron chi connectivity index (χ3n) is 4.17. The molecule has 3 heterocycles. The van der Waals surface area contributed by atoms with Crippen LogP contribution in [0.5, 0.6) is 0 Å². The molecule has 7 heteroatoms. The smallest absolute Gasteiger partial charge is 0.286 e. The van der Waals surface area contributed by atoms with Gasteiger partial charge in [-0.05, 0) is 51.2 Å². The van der Waals surface area contributed by atoms with Crippen LogP contribution in [0.1, 0.15) is 37.0 Å². The fourth-order valence-electron chi connectivity index (χ4n) is 2.71. The normalized spacial score (nSPS) is 16.0. The van der Waals surface area contributed by atoms with Gasteiger partial charge in [-0.25, -0.2) is 13.9 Å². The molecule has 0 aromatic carbocycles. The molecule has 0 radical (unpaired) electrons. The Kier molecular flexibility index (Phi) is 3.04. The van der Waals surface area contributed by atoms with E-state index in [1.165, 1.54) is 0 Å². The van der Waals surface area contributed by atoms with Gasteiger partial charge in [-0.2, -0.15) is 10.1 Å². The molecule has 1 fully saturated rings. The largest absolute Gasteiger partial charge is 0.331 e. The molecule has 0 saturated heterocycles. The van der Waals surface area contributed by atoms with Gasteiger partial charge in [-0.1, -0.05) is 5.16 Å². The zero-order valence-electron chi connectivity index (χ0n) is 13.2. The summed E-state index contributed by atoms with van der Waals surface area (Å²) in [7, 11) is 0. The summed E-state index contributed by atoms with van der Waals surface area (Å²) in [4.78, 5) is 8.66. The first kappa shape index (κ1) is 14.0. The second kappa shape index (κ2) is 4.97. The predicted molar refractivity (Wildman–Crippen MR) is 82.2 cm³/mol. The van der Waals surface area contributed by atoms with Gasteiger partial charge in [-0.3, -0.25) is 0 Å². The van der Waals surface area contributed by atoms with Crippen molar-refractivity contribution in [3.05, 3.63) is 35.1 Å². The lowest BCUT2D eigenvalue weighted by atomic mass is 10.2. The number of fused-ring (bicyclic) bond motifs is 1. The number of nitrogens with zero attached hydrogens (tertiary/aromatic N) is 5. The van der Waals surface area contributed by atoms with Crippen molar-refractivity contribution < 1.29 is 8.91 Å². The molecule has 4 rings (SSSR count). The molecule has 3 aromatic heterocycles. The molecule has 0 unspecified atom stereocenters. The summed E-state index contributed by atoms with van der Waals surface area (Å²) in [5.74, 6) is 0.122. The molecule has 0 N–H and O–H groups in total. The summed E-state index contributed by atoms with van der Waals surface area (Å²) in [6.45, 7) is 5.63. The van der Waals surface area contributed by atoms with Crippen molar-refractivity contribution >= 4 is 11.5 Å².